The van der Waals surface area contributed by atoms with Crippen LogP contribution in [0.4, 0.5) is 0 Å². The molecule has 0 aromatic carbocycles. The third-order valence-electron chi connectivity index (χ3n) is 2.14. The first-order valence-electron chi connectivity index (χ1n) is 4.39. The van der Waals surface area contributed by atoms with Gasteiger partial charge in [0.25, 0.3) is 0 Å². The number of halogens is 1. The minimum absolute atomic E-state index is 0.0660. The molecule has 0 aliphatic carbocycles. The van der Waals surface area contributed by atoms with Gasteiger partial charge in [-0.25, -0.2) is 0 Å². The molecule has 0 radical (unpaired) electrons. The van der Waals surface area contributed by atoms with Crippen LogP contribution in [0.25, 0.3) is 0 Å². The van der Waals surface area contributed by atoms with Crippen molar-refractivity contribution in [2.45, 2.75) is 18.8 Å². The second-order valence-corrected chi connectivity index (χ2v) is 3.55. The summed E-state index contributed by atoms with van der Waals surface area (Å²) in [5, 5.41) is 0. The average molecular weight is 215 g/mol. The zero-order valence-corrected chi connectivity index (χ0v) is 8.57. The molecule has 0 saturated carbocycles. The molecule has 0 N–H and O–H groups in total. The summed E-state index contributed by atoms with van der Waals surface area (Å²) in [6, 6.07) is 0. The average Bonchev–Trinajstić information content (AvgIpc) is 2.63. The lowest BCUT2D eigenvalue weighted by Crippen LogP contribution is -2.25. The third-order valence-corrected chi connectivity index (χ3v) is 2.48. The lowest BCUT2D eigenvalue weighted by atomic mass is 10.2. The van der Waals surface area contributed by atoms with Gasteiger partial charge in [0.1, 0.15) is 5.69 Å². The molecule has 1 fully saturated rings. The van der Waals surface area contributed by atoms with Gasteiger partial charge in [-0.3, -0.25) is 9.97 Å². The number of hydrogen-bond acceptors (Lipinski definition) is 4. The molecule has 2 unspecified atom stereocenters. The summed E-state index contributed by atoms with van der Waals surface area (Å²) in [5.74, 6) is -0.371. The minimum Gasteiger partial charge on any atom is -0.342 e. The van der Waals surface area contributed by atoms with Crippen molar-refractivity contribution in [2.24, 2.45) is 0 Å². The van der Waals surface area contributed by atoms with Crippen LogP contribution in [0.3, 0.4) is 0 Å². The Hall–Kier alpha value is -0.710. The van der Waals surface area contributed by atoms with Crippen molar-refractivity contribution < 1.29 is 9.47 Å². The molecule has 5 heteroatoms. The van der Waals surface area contributed by atoms with Crippen molar-refractivity contribution in [1.29, 1.82) is 0 Å². The number of nitrogens with zero attached hydrogens (tertiary/aromatic N) is 2. The second kappa shape index (κ2) is 3.81. The van der Waals surface area contributed by atoms with Crippen molar-refractivity contribution >= 4 is 11.6 Å². The number of alkyl halides is 1. The molecule has 2 atom stereocenters. The number of hydrogen-bond donors (Lipinski definition) is 0. The van der Waals surface area contributed by atoms with Crippen LogP contribution in [-0.4, -0.2) is 28.6 Å². The van der Waals surface area contributed by atoms with E-state index < -0.39 is 5.79 Å². The van der Waals surface area contributed by atoms with E-state index in [0.717, 1.165) is 0 Å². The van der Waals surface area contributed by atoms with E-state index in [9.17, 15) is 0 Å². The maximum atomic E-state index is 5.68. The highest BCUT2D eigenvalue weighted by Gasteiger charge is 2.39. The normalized spacial score (nSPS) is 32.0. The van der Waals surface area contributed by atoms with Crippen molar-refractivity contribution in [1.82, 2.24) is 9.97 Å². The molecule has 0 spiro atoms. The van der Waals surface area contributed by atoms with Gasteiger partial charge in [0, 0.05) is 12.4 Å². The molecule has 76 valence electrons. The molecular formula is C9H11ClN2O2. The fourth-order valence-corrected chi connectivity index (χ4v) is 1.53. The minimum atomic E-state index is -0.798. The van der Waals surface area contributed by atoms with Crippen molar-refractivity contribution in [3.8, 4) is 0 Å². The van der Waals surface area contributed by atoms with E-state index >= 15 is 0 Å². The Labute approximate surface area is 87.2 Å². The van der Waals surface area contributed by atoms with Gasteiger partial charge in [0.15, 0.2) is 0 Å². The summed E-state index contributed by atoms with van der Waals surface area (Å²) in [6.45, 7) is 2.32. The molecule has 1 aromatic heterocycles. The molecular weight excluding hydrogens is 204 g/mol. The summed E-state index contributed by atoms with van der Waals surface area (Å²) >= 11 is 5.68. The first-order chi connectivity index (χ1) is 6.74. The van der Waals surface area contributed by atoms with E-state index in [1.54, 1.807) is 18.6 Å². The predicted octanol–water partition coefficient (Wildman–Crippen LogP) is 1.30. The van der Waals surface area contributed by atoms with Crippen LogP contribution in [0.5, 0.6) is 0 Å². The van der Waals surface area contributed by atoms with Crippen LogP contribution in [-0.2, 0) is 15.3 Å². The maximum Gasteiger partial charge on any atom is 0.211 e. The SMILES string of the molecule is CC1(c2cnccn2)OCC(CCl)O1. The summed E-state index contributed by atoms with van der Waals surface area (Å²) in [5.41, 5.74) is 0.674. The van der Waals surface area contributed by atoms with Gasteiger partial charge in [0.2, 0.25) is 5.79 Å². The van der Waals surface area contributed by atoms with E-state index in [4.69, 9.17) is 21.1 Å². The van der Waals surface area contributed by atoms with Gasteiger partial charge in [0.05, 0.1) is 24.8 Å². The van der Waals surface area contributed by atoms with Crippen molar-refractivity contribution in [3.05, 3.63) is 24.3 Å². The van der Waals surface area contributed by atoms with Gasteiger partial charge in [-0.1, -0.05) is 0 Å². The van der Waals surface area contributed by atoms with Gasteiger partial charge in [-0.15, -0.1) is 11.6 Å². The zero-order chi connectivity index (χ0) is 10.0. The van der Waals surface area contributed by atoms with Crippen LogP contribution >= 0.6 is 11.6 Å². The summed E-state index contributed by atoms with van der Waals surface area (Å²) < 4.78 is 11.1. The molecule has 0 amide bonds. The van der Waals surface area contributed by atoms with Gasteiger partial charge in [-0.05, 0) is 6.92 Å². The summed E-state index contributed by atoms with van der Waals surface area (Å²) in [7, 11) is 0. The third kappa shape index (κ3) is 1.73. The number of rotatable bonds is 2. The molecule has 1 aliphatic heterocycles. The van der Waals surface area contributed by atoms with E-state index in [2.05, 4.69) is 9.97 Å². The van der Waals surface area contributed by atoms with Crippen LogP contribution in [0.15, 0.2) is 18.6 Å². The number of ether oxygens (including phenoxy) is 2. The Morgan fingerprint density at radius 3 is 3.07 bits per heavy atom. The molecule has 1 aliphatic rings. The second-order valence-electron chi connectivity index (χ2n) is 3.24. The summed E-state index contributed by atoms with van der Waals surface area (Å²) in [4.78, 5) is 8.12. The Kier molecular flexibility index (Phi) is 2.67. The van der Waals surface area contributed by atoms with E-state index in [0.29, 0.717) is 18.2 Å². The first kappa shape index (κ1) is 9.83. The Morgan fingerprint density at radius 1 is 1.64 bits per heavy atom. The predicted molar refractivity (Wildman–Crippen MR) is 50.9 cm³/mol. The molecule has 1 aromatic rings. The molecule has 2 heterocycles. The Bertz CT molecular complexity index is 309. The van der Waals surface area contributed by atoms with Gasteiger partial charge < -0.3 is 9.47 Å². The van der Waals surface area contributed by atoms with E-state index in [1.165, 1.54) is 0 Å². The van der Waals surface area contributed by atoms with Crippen molar-refractivity contribution in [3.63, 3.8) is 0 Å². The highest BCUT2D eigenvalue weighted by molar-refractivity contribution is 6.18. The summed E-state index contributed by atoms with van der Waals surface area (Å²) in [6.07, 6.45) is 4.79. The maximum absolute atomic E-state index is 5.68. The van der Waals surface area contributed by atoms with Crippen LogP contribution in [0.2, 0.25) is 0 Å². The van der Waals surface area contributed by atoms with Crippen LogP contribution < -0.4 is 0 Å². The topological polar surface area (TPSA) is 44.2 Å². The van der Waals surface area contributed by atoms with Crippen LogP contribution in [0, 0.1) is 0 Å². The highest BCUT2D eigenvalue weighted by atomic mass is 35.5. The zero-order valence-electron chi connectivity index (χ0n) is 7.81. The Balaban J connectivity index is 2.19. The van der Waals surface area contributed by atoms with E-state index in [-0.39, 0.29) is 6.10 Å². The molecule has 14 heavy (non-hydrogen) atoms. The van der Waals surface area contributed by atoms with E-state index in [1.807, 2.05) is 6.92 Å². The molecule has 2 rings (SSSR count). The smallest absolute Gasteiger partial charge is 0.211 e. The fraction of sp³-hybridized carbons (Fsp3) is 0.556. The fourth-order valence-electron chi connectivity index (χ4n) is 1.38. The number of aromatic nitrogens is 2. The van der Waals surface area contributed by atoms with Gasteiger partial charge >= 0.3 is 0 Å². The lowest BCUT2D eigenvalue weighted by Gasteiger charge is -2.21. The van der Waals surface area contributed by atoms with Crippen molar-refractivity contribution in [2.75, 3.05) is 12.5 Å². The molecule has 4 nitrogen and oxygen atoms in total. The quantitative estimate of drug-likeness (QED) is 0.697. The largest absolute Gasteiger partial charge is 0.342 e. The molecule has 1 saturated heterocycles. The van der Waals surface area contributed by atoms with Gasteiger partial charge in [-0.2, -0.15) is 0 Å². The first-order valence-corrected chi connectivity index (χ1v) is 4.92. The monoisotopic (exact) mass is 214 g/mol. The Morgan fingerprint density at radius 2 is 2.50 bits per heavy atom. The standard InChI is InChI=1S/C9H11ClN2O2/c1-9(8-5-11-2-3-12-8)13-6-7(4-10)14-9/h2-3,5,7H,4,6H2,1H3. The lowest BCUT2D eigenvalue weighted by molar-refractivity contribution is -0.162. The van der Waals surface area contributed by atoms with Crippen LogP contribution in [0.1, 0.15) is 12.6 Å². The molecule has 0 bridgehead atoms. The highest BCUT2D eigenvalue weighted by Crippen LogP contribution is 2.32.